The number of anilines is 3. The van der Waals surface area contributed by atoms with E-state index in [1.807, 2.05) is 86.6 Å². The van der Waals surface area contributed by atoms with Crippen LogP contribution in [0.2, 0.25) is 0 Å². The van der Waals surface area contributed by atoms with Gasteiger partial charge >= 0.3 is 25.8 Å². The van der Waals surface area contributed by atoms with Gasteiger partial charge in [-0.1, -0.05) is 88.7 Å². The first-order valence-electron chi connectivity index (χ1n) is 18.1. The summed E-state index contributed by atoms with van der Waals surface area (Å²) < 4.78 is 38.7. The summed E-state index contributed by atoms with van der Waals surface area (Å²) in [7, 11) is -3.42. The maximum absolute atomic E-state index is 13.2. The van der Waals surface area contributed by atoms with Crippen LogP contribution in [-0.4, -0.2) is 57.4 Å². The molecule has 12 nitrogen and oxygen atoms in total. The molecule has 0 saturated carbocycles. The summed E-state index contributed by atoms with van der Waals surface area (Å²) in [5.41, 5.74) is 4.97. The molecule has 2 amide bonds. The maximum atomic E-state index is 13.2. The van der Waals surface area contributed by atoms with E-state index in [2.05, 4.69) is 43.2 Å². The third kappa shape index (κ3) is 18.7. The van der Waals surface area contributed by atoms with Crippen molar-refractivity contribution in [2.45, 2.75) is 79.9 Å². The summed E-state index contributed by atoms with van der Waals surface area (Å²) in [5.74, 6) is -0.0333. The molecule has 306 valence electrons. The third-order valence-electron chi connectivity index (χ3n) is 7.98. The molecule has 2 N–H and O–H groups in total. The molecule has 0 heterocycles. The van der Waals surface area contributed by atoms with Crippen LogP contribution >= 0.6 is 34.6 Å². The number of hydrogen-bond donors (Lipinski definition) is 2. The van der Waals surface area contributed by atoms with E-state index in [9.17, 15) is 18.9 Å². The molecule has 3 aromatic carbocycles. The van der Waals surface area contributed by atoms with Crippen molar-refractivity contribution in [2.75, 3.05) is 48.7 Å². The first kappa shape index (κ1) is 49.3. The Hall–Kier alpha value is -3.68. The Morgan fingerprint density at radius 1 is 0.818 bits per heavy atom. The van der Waals surface area contributed by atoms with Crippen molar-refractivity contribution in [3.05, 3.63) is 89.5 Å². The molecule has 3 rings (SSSR count). The summed E-state index contributed by atoms with van der Waals surface area (Å²) >= 11 is 0. The third-order valence-corrected chi connectivity index (χ3v) is 9.32. The van der Waals surface area contributed by atoms with Crippen molar-refractivity contribution in [2.24, 2.45) is 11.8 Å². The molecular formula is C40H60N3O9PS2. The summed E-state index contributed by atoms with van der Waals surface area (Å²) in [6, 6.07) is 22.3. The van der Waals surface area contributed by atoms with Gasteiger partial charge in [-0.3, -0.25) is 9.36 Å². The van der Waals surface area contributed by atoms with Gasteiger partial charge in [0.15, 0.2) is 0 Å². The summed E-state index contributed by atoms with van der Waals surface area (Å²) in [4.78, 5) is 40.5. The highest BCUT2D eigenvalue weighted by molar-refractivity contribution is 7.59. The molecule has 0 radical (unpaired) electrons. The Labute approximate surface area is 340 Å². The quantitative estimate of drug-likeness (QED) is 0.0643. The van der Waals surface area contributed by atoms with Crippen LogP contribution in [0.15, 0.2) is 72.8 Å². The number of esters is 1. The number of nitrogens with zero attached hydrogens (tertiary/aromatic N) is 1. The van der Waals surface area contributed by atoms with Crippen LogP contribution in [0.25, 0.3) is 0 Å². The zero-order valence-electron chi connectivity index (χ0n) is 33.3. The second-order valence-electron chi connectivity index (χ2n) is 14.0. The topological polar surface area (TPSA) is 142 Å². The average Bonchev–Trinajstić information content (AvgIpc) is 3.09. The molecule has 0 aliphatic carbocycles. The molecule has 15 heteroatoms. The van der Waals surface area contributed by atoms with Gasteiger partial charge in [0.1, 0.15) is 6.61 Å². The monoisotopic (exact) mass is 821 g/mol. The van der Waals surface area contributed by atoms with E-state index in [0.717, 1.165) is 35.5 Å². The van der Waals surface area contributed by atoms with Crippen LogP contribution in [0.5, 0.6) is 0 Å². The molecule has 0 aliphatic heterocycles. The minimum absolute atomic E-state index is 0. The van der Waals surface area contributed by atoms with Gasteiger partial charge in [-0.15, -0.1) is 0 Å². The number of urea groups is 1. The first-order valence-corrected chi connectivity index (χ1v) is 20.1. The highest BCUT2D eigenvalue weighted by Gasteiger charge is 2.24. The van der Waals surface area contributed by atoms with Crippen molar-refractivity contribution < 1.29 is 42.2 Å². The fraction of sp³-hybridized carbons (Fsp3) is 0.475. The minimum Gasteiger partial charge on any atom is -0.431 e. The number of carbonyl (C=O) groups is 3. The number of carbonyl (C=O) groups excluding carboxylic acids is 3. The molecule has 0 spiro atoms. The van der Waals surface area contributed by atoms with E-state index in [1.165, 1.54) is 6.66 Å². The number of rotatable bonds is 20. The predicted molar refractivity (Wildman–Crippen MR) is 229 cm³/mol. The number of hydrogen-bond acceptors (Lipinski definition) is 10. The predicted octanol–water partition coefficient (Wildman–Crippen LogP) is 9.97. The standard InChI is InChI=1S/C40H56N3O9P.2H2S/c1-9-33(22-38(44)49-27-50-40(46)48-25-31(7)52-53(8,47)51-26-32-13-11-10-12-14-32)34-17-20-37(43(23-28(2)3)24-29(4)5)36(21-34)42-39(45)41-35-18-15-30(6)16-19-35;;/h10-21,28-29,31,33H,9,22-27H2,1-8H3,(H2,41,42,45);2*1H2/t31-,33-,53?;;/m0../s1. The Morgan fingerprint density at radius 2 is 1.45 bits per heavy atom. The second-order valence-corrected chi connectivity index (χ2v) is 16.0. The van der Waals surface area contributed by atoms with Crippen LogP contribution in [0.4, 0.5) is 26.7 Å². The lowest BCUT2D eigenvalue weighted by Gasteiger charge is -2.31. The molecule has 0 saturated heterocycles. The molecule has 55 heavy (non-hydrogen) atoms. The van der Waals surface area contributed by atoms with Crippen LogP contribution in [0.3, 0.4) is 0 Å². The highest BCUT2D eigenvalue weighted by atomic mass is 32.1. The highest BCUT2D eigenvalue weighted by Crippen LogP contribution is 2.46. The van der Waals surface area contributed by atoms with Gasteiger partial charge < -0.3 is 38.8 Å². The van der Waals surface area contributed by atoms with Gasteiger partial charge in [0.25, 0.3) is 0 Å². The van der Waals surface area contributed by atoms with Crippen LogP contribution in [-0.2, 0) is 39.2 Å². The van der Waals surface area contributed by atoms with Crippen LogP contribution < -0.4 is 15.5 Å². The molecule has 0 bridgehead atoms. The van der Waals surface area contributed by atoms with Gasteiger partial charge in [0.05, 0.1) is 30.5 Å². The summed E-state index contributed by atoms with van der Waals surface area (Å²) in [6.45, 7) is 16.3. The SMILES string of the molecule is CC[C@@H](CC(=O)OCOC(=O)OC[C@H](C)OP(C)(=O)OCc1ccccc1)c1ccc(N(CC(C)C)CC(C)C)c(NC(=O)Nc2ccc(C)cc2)c1.S.S. The smallest absolute Gasteiger partial charge is 0.431 e. The average molecular weight is 822 g/mol. The van der Waals surface area contributed by atoms with Gasteiger partial charge in [0, 0.05) is 25.4 Å². The maximum Gasteiger partial charge on any atom is 0.511 e. The van der Waals surface area contributed by atoms with E-state index in [4.69, 9.17) is 23.3 Å². The second kappa shape index (κ2) is 24.8. The minimum atomic E-state index is -3.42. The number of benzene rings is 3. The van der Waals surface area contributed by atoms with Crippen molar-refractivity contribution in [1.82, 2.24) is 0 Å². The number of aryl methyl sites for hydroxylation is 1. The fourth-order valence-corrected chi connectivity index (χ4v) is 6.70. The van der Waals surface area contributed by atoms with E-state index < -0.39 is 32.6 Å². The zero-order chi connectivity index (χ0) is 39.0. The lowest BCUT2D eigenvalue weighted by atomic mass is 9.92. The first-order chi connectivity index (χ1) is 25.1. The lowest BCUT2D eigenvalue weighted by Crippen LogP contribution is -2.32. The van der Waals surface area contributed by atoms with E-state index in [1.54, 1.807) is 6.92 Å². The Morgan fingerprint density at radius 3 is 2.05 bits per heavy atom. The Balaban J connectivity index is 0.00000756. The van der Waals surface area contributed by atoms with Gasteiger partial charge in [-0.25, -0.2) is 9.59 Å². The Kier molecular flexibility index (Phi) is 22.2. The van der Waals surface area contributed by atoms with E-state index >= 15 is 0 Å². The summed E-state index contributed by atoms with van der Waals surface area (Å²) in [6.07, 6.45) is -1.18. The fourth-order valence-electron chi connectivity index (χ4n) is 5.54. The zero-order valence-corrected chi connectivity index (χ0v) is 36.2. The van der Waals surface area contributed by atoms with Gasteiger partial charge in [0.2, 0.25) is 6.79 Å². The van der Waals surface area contributed by atoms with Crippen molar-refractivity contribution >= 4 is 69.8 Å². The molecule has 3 aromatic rings. The molecule has 3 atom stereocenters. The normalized spacial score (nSPS) is 13.0. The number of nitrogens with one attached hydrogen (secondary N) is 2. The lowest BCUT2D eigenvalue weighted by molar-refractivity contribution is -0.154. The van der Waals surface area contributed by atoms with Crippen LogP contribution in [0.1, 0.15) is 77.0 Å². The molecule has 0 fully saturated rings. The molecular weight excluding hydrogens is 762 g/mol. The van der Waals surface area contributed by atoms with Crippen LogP contribution in [0, 0.1) is 18.8 Å². The number of amides is 2. The van der Waals surface area contributed by atoms with E-state index in [-0.39, 0.29) is 58.6 Å². The molecule has 0 aliphatic rings. The van der Waals surface area contributed by atoms with E-state index in [0.29, 0.717) is 29.6 Å². The van der Waals surface area contributed by atoms with Crippen molar-refractivity contribution in [1.29, 1.82) is 0 Å². The largest absolute Gasteiger partial charge is 0.511 e. The molecule has 1 unspecified atom stereocenters. The summed E-state index contributed by atoms with van der Waals surface area (Å²) in [5, 5.41) is 5.96. The van der Waals surface area contributed by atoms with Gasteiger partial charge in [-0.05, 0) is 73.4 Å². The Bertz CT molecular complexity index is 1650. The van der Waals surface area contributed by atoms with Crippen molar-refractivity contribution in [3.63, 3.8) is 0 Å². The molecule has 0 aromatic heterocycles. The van der Waals surface area contributed by atoms with Crippen molar-refractivity contribution in [3.8, 4) is 0 Å². The number of ether oxygens (including phenoxy) is 3. The van der Waals surface area contributed by atoms with Gasteiger partial charge in [-0.2, -0.15) is 27.0 Å².